The van der Waals surface area contributed by atoms with E-state index in [0.29, 0.717) is 0 Å². The molecule has 1 saturated heterocycles. The van der Waals surface area contributed by atoms with Crippen LogP contribution in [0, 0.1) is 5.92 Å². The molecule has 0 aliphatic carbocycles. The van der Waals surface area contributed by atoms with Crippen molar-refractivity contribution in [1.29, 1.82) is 0 Å². The maximum absolute atomic E-state index is 3.45. The van der Waals surface area contributed by atoms with Gasteiger partial charge in [0.25, 0.3) is 0 Å². The summed E-state index contributed by atoms with van der Waals surface area (Å²) in [5.41, 5.74) is 2.85. The maximum atomic E-state index is 3.45. The van der Waals surface area contributed by atoms with Crippen molar-refractivity contribution in [3.63, 3.8) is 0 Å². The summed E-state index contributed by atoms with van der Waals surface area (Å²) in [5.74, 6) is 0.909. The van der Waals surface area contributed by atoms with E-state index >= 15 is 0 Å². The number of hydrogen-bond donors (Lipinski definition) is 1. The van der Waals surface area contributed by atoms with E-state index in [1.807, 2.05) is 0 Å². The van der Waals surface area contributed by atoms with Crippen LogP contribution >= 0.6 is 0 Å². The molecule has 2 rings (SSSR count). The van der Waals surface area contributed by atoms with Crippen LogP contribution in [0.4, 0.5) is 0 Å². The Morgan fingerprint density at radius 3 is 2.60 bits per heavy atom. The van der Waals surface area contributed by atoms with Crippen LogP contribution in [0.3, 0.4) is 0 Å². The molecular weight excluding hydrogens is 244 g/mol. The SMILES string of the molecule is CCCNCc1ccc(CN2CCCC(C)CC2)cc1. The Bertz CT molecular complexity index is 372. The van der Waals surface area contributed by atoms with Crippen LogP contribution in [0.15, 0.2) is 24.3 Å². The summed E-state index contributed by atoms with van der Waals surface area (Å²) in [6, 6.07) is 9.16. The standard InChI is InChI=1S/C18H30N2/c1-3-11-19-14-17-6-8-18(9-7-17)15-20-12-4-5-16(2)10-13-20/h6-9,16,19H,3-5,10-15H2,1-2H3. The largest absolute Gasteiger partial charge is 0.313 e. The normalized spacial score (nSPS) is 20.8. The topological polar surface area (TPSA) is 15.3 Å². The van der Waals surface area contributed by atoms with Gasteiger partial charge in [0.05, 0.1) is 0 Å². The number of nitrogens with zero attached hydrogens (tertiary/aromatic N) is 1. The fourth-order valence-electron chi connectivity index (χ4n) is 2.91. The summed E-state index contributed by atoms with van der Waals surface area (Å²) < 4.78 is 0. The van der Waals surface area contributed by atoms with Crippen molar-refractivity contribution < 1.29 is 0 Å². The molecule has 0 saturated carbocycles. The maximum Gasteiger partial charge on any atom is 0.0233 e. The molecular formula is C18H30N2. The van der Waals surface area contributed by atoms with E-state index in [4.69, 9.17) is 0 Å². The van der Waals surface area contributed by atoms with E-state index in [1.165, 1.54) is 49.9 Å². The smallest absolute Gasteiger partial charge is 0.0233 e. The Labute approximate surface area is 124 Å². The van der Waals surface area contributed by atoms with Gasteiger partial charge in [-0.05, 0) is 62.4 Å². The number of nitrogens with one attached hydrogen (secondary N) is 1. The lowest BCUT2D eigenvalue weighted by molar-refractivity contribution is 0.273. The second-order valence-corrected chi connectivity index (χ2v) is 6.31. The fourth-order valence-corrected chi connectivity index (χ4v) is 2.91. The fraction of sp³-hybridized carbons (Fsp3) is 0.667. The first-order chi connectivity index (χ1) is 9.78. The number of hydrogen-bond acceptors (Lipinski definition) is 2. The summed E-state index contributed by atoms with van der Waals surface area (Å²) in [7, 11) is 0. The van der Waals surface area contributed by atoms with Crippen molar-refractivity contribution in [3.05, 3.63) is 35.4 Å². The average molecular weight is 274 g/mol. The van der Waals surface area contributed by atoms with Gasteiger partial charge in [0.15, 0.2) is 0 Å². The Morgan fingerprint density at radius 2 is 1.85 bits per heavy atom. The quantitative estimate of drug-likeness (QED) is 0.794. The summed E-state index contributed by atoms with van der Waals surface area (Å²) in [6.45, 7) is 10.4. The van der Waals surface area contributed by atoms with Gasteiger partial charge in [0.1, 0.15) is 0 Å². The molecule has 112 valence electrons. The molecule has 1 unspecified atom stereocenters. The van der Waals surface area contributed by atoms with Gasteiger partial charge in [0, 0.05) is 13.1 Å². The molecule has 2 heteroatoms. The zero-order chi connectivity index (χ0) is 14.2. The average Bonchev–Trinajstić information content (AvgIpc) is 2.66. The monoisotopic (exact) mass is 274 g/mol. The van der Waals surface area contributed by atoms with Crippen molar-refractivity contribution in [2.75, 3.05) is 19.6 Å². The van der Waals surface area contributed by atoms with Crippen LogP contribution in [0.2, 0.25) is 0 Å². The van der Waals surface area contributed by atoms with E-state index in [0.717, 1.165) is 25.6 Å². The van der Waals surface area contributed by atoms with Crippen molar-refractivity contribution >= 4 is 0 Å². The van der Waals surface area contributed by atoms with Crippen LogP contribution < -0.4 is 5.32 Å². The van der Waals surface area contributed by atoms with Gasteiger partial charge in [-0.25, -0.2) is 0 Å². The van der Waals surface area contributed by atoms with E-state index in [1.54, 1.807) is 0 Å². The van der Waals surface area contributed by atoms with Crippen LogP contribution in [0.5, 0.6) is 0 Å². The third-order valence-electron chi connectivity index (χ3n) is 4.29. The molecule has 0 spiro atoms. The molecule has 1 aliphatic rings. The summed E-state index contributed by atoms with van der Waals surface area (Å²) >= 11 is 0. The Hall–Kier alpha value is -0.860. The van der Waals surface area contributed by atoms with Crippen LogP contribution in [0.25, 0.3) is 0 Å². The minimum atomic E-state index is 0.909. The lowest BCUT2D eigenvalue weighted by Gasteiger charge is -2.20. The first kappa shape index (κ1) is 15.5. The molecule has 1 aromatic rings. The van der Waals surface area contributed by atoms with Gasteiger partial charge in [-0.1, -0.05) is 38.1 Å². The first-order valence-corrected chi connectivity index (χ1v) is 8.29. The number of benzene rings is 1. The molecule has 2 nitrogen and oxygen atoms in total. The summed E-state index contributed by atoms with van der Waals surface area (Å²) in [6.07, 6.45) is 5.32. The molecule has 1 atom stereocenters. The second kappa shape index (κ2) is 8.43. The van der Waals surface area contributed by atoms with E-state index in [2.05, 4.69) is 48.3 Å². The van der Waals surface area contributed by atoms with Crippen LogP contribution in [-0.2, 0) is 13.1 Å². The zero-order valence-corrected chi connectivity index (χ0v) is 13.2. The highest BCUT2D eigenvalue weighted by atomic mass is 15.1. The van der Waals surface area contributed by atoms with Crippen molar-refractivity contribution in [2.24, 2.45) is 5.92 Å². The predicted octanol–water partition coefficient (Wildman–Crippen LogP) is 3.81. The van der Waals surface area contributed by atoms with Gasteiger partial charge >= 0.3 is 0 Å². The molecule has 1 fully saturated rings. The lowest BCUT2D eigenvalue weighted by atomic mass is 10.0. The third kappa shape index (κ3) is 5.26. The zero-order valence-electron chi connectivity index (χ0n) is 13.2. The third-order valence-corrected chi connectivity index (χ3v) is 4.29. The van der Waals surface area contributed by atoms with Gasteiger partial charge in [-0.2, -0.15) is 0 Å². The molecule has 0 radical (unpaired) electrons. The minimum absolute atomic E-state index is 0.909. The highest BCUT2D eigenvalue weighted by Crippen LogP contribution is 2.18. The first-order valence-electron chi connectivity index (χ1n) is 8.29. The Kier molecular flexibility index (Phi) is 6.55. The van der Waals surface area contributed by atoms with E-state index in [-0.39, 0.29) is 0 Å². The summed E-state index contributed by atoms with van der Waals surface area (Å²) in [5, 5.41) is 3.45. The summed E-state index contributed by atoms with van der Waals surface area (Å²) in [4.78, 5) is 2.62. The molecule has 20 heavy (non-hydrogen) atoms. The van der Waals surface area contributed by atoms with Crippen LogP contribution in [-0.4, -0.2) is 24.5 Å². The molecule has 1 N–H and O–H groups in total. The number of likely N-dealkylation sites (tertiary alicyclic amines) is 1. The minimum Gasteiger partial charge on any atom is -0.313 e. The molecule has 1 heterocycles. The molecule has 1 aromatic carbocycles. The highest BCUT2D eigenvalue weighted by Gasteiger charge is 2.13. The van der Waals surface area contributed by atoms with Crippen molar-refractivity contribution in [2.45, 2.75) is 52.6 Å². The van der Waals surface area contributed by atoms with Crippen molar-refractivity contribution in [3.8, 4) is 0 Å². The van der Waals surface area contributed by atoms with E-state index in [9.17, 15) is 0 Å². The van der Waals surface area contributed by atoms with E-state index < -0.39 is 0 Å². The molecule has 0 bridgehead atoms. The lowest BCUT2D eigenvalue weighted by Crippen LogP contribution is -2.24. The van der Waals surface area contributed by atoms with Gasteiger partial charge < -0.3 is 5.32 Å². The molecule has 0 amide bonds. The molecule has 0 aromatic heterocycles. The predicted molar refractivity (Wildman–Crippen MR) is 86.7 cm³/mol. The van der Waals surface area contributed by atoms with Crippen molar-refractivity contribution in [1.82, 2.24) is 10.2 Å². The number of rotatable bonds is 6. The Morgan fingerprint density at radius 1 is 1.10 bits per heavy atom. The molecule has 1 aliphatic heterocycles. The van der Waals surface area contributed by atoms with Crippen LogP contribution in [0.1, 0.15) is 50.7 Å². The van der Waals surface area contributed by atoms with Gasteiger partial charge in [-0.15, -0.1) is 0 Å². The second-order valence-electron chi connectivity index (χ2n) is 6.31. The van der Waals surface area contributed by atoms with Gasteiger partial charge in [-0.3, -0.25) is 4.90 Å². The highest BCUT2D eigenvalue weighted by molar-refractivity contribution is 5.22. The van der Waals surface area contributed by atoms with Gasteiger partial charge in [0.2, 0.25) is 0 Å². The Balaban J connectivity index is 1.80.